The summed E-state index contributed by atoms with van der Waals surface area (Å²) in [4.78, 5) is 16.7. The number of carbonyl (C=O) groups is 1. The van der Waals surface area contributed by atoms with Gasteiger partial charge in [-0.3, -0.25) is 10.1 Å². The third-order valence-electron chi connectivity index (χ3n) is 3.19. The lowest BCUT2D eigenvalue weighted by Crippen LogP contribution is -2.12. The van der Waals surface area contributed by atoms with E-state index in [4.69, 9.17) is 5.73 Å². The Morgan fingerprint density at radius 1 is 1.29 bits per heavy atom. The van der Waals surface area contributed by atoms with Crippen LogP contribution in [-0.4, -0.2) is 10.9 Å². The number of nitrogens with zero attached hydrogens (tertiary/aromatic N) is 1. The standard InChI is InChI=1S/C16H15N3OS/c1-10-5-6-13-14(7-10)21-16(18-13)19-15(20)12-4-2-3-11(8-12)9-17/h2-8H,9,17H2,1H3,(H,18,19,20). The molecule has 0 aliphatic rings. The second kappa shape index (κ2) is 5.63. The Labute approximate surface area is 126 Å². The molecule has 0 saturated heterocycles. The molecule has 0 saturated carbocycles. The molecule has 0 aliphatic heterocycles. The van der Waals surface area contributed by atoms with Crippen LogP contribution < -0.4 is 11.1 Å². The number of nitrogens with two attached hydrogens (primary N) is 1. The van der Waals surface area contributed by atoms with E-state index >= 15 is 0 Å². The Hall–Kier alpha value is -2.24. The first-order valence-electron chi connectivity index (χ1n) is 6.63. The molecule has 3 N–H and O–H groups in total. The fourth-order valence-electron chi connectivity index (χ4n) is 2.09. The largest absolute Gasteiger partial charge is 0.326 e. The predicted octanol–water partition coefficient (Wildman–Crippen LogP) is 3.32. The van der Waals surface area contributed by atoms with Crippen LogP contribution >= 0.6 is 11.3 Å². The number of benzene rings is 2. The van der Waals surface area contributed by atoms with Crippen LogP contribution in [0.2, 0.25) is 0 Å². The predicted molar refractivity (Wildman–Crippen MR) is 86.6 cm³/mol. The molecule has 3 aromatic rings. The van der Waals surface area contributed by atoms with Crippen molar-refractivity contribution in [2.45, 2.75) is 13.5 Å². The summed E-state index contributed by atoms with van der Waals surface area (Å²) in [5.74, 6) is -0.166. The highest BCUT2D eigenvalue weighted by atomic mass is 32.1. The topological polar surface area (TPSA) is 68.0 Å². The minimum absolute atomic E-state index is 0.166. The van der Waals surface area contributed by atoms with E-state index in [0.717, 1.165) is 15.8 Å². The minimum atomic E-state index is -0.166. The van der Waals surface area contributed by atoms with E-state index in [1.807, 2.05) is 31.2 Å². The second-order valence-electron chi connectivity index (χ2n) is 4.85. The number of rotatable bonds is 3. The Morgan fingerprint density at radius 3 is 2.95 bits per heavy atom. The molecule has 3 rings (SSSR count). The summed E-state index contributed by atoms with van der Waals surface area (Å²) in [6.45, 7) is 2.46. The average Bonchev–Trinajstić information content (AvgIpc) is 2.88. The van der Waals surface area contributed by atoms with Crippen molar-refractivity contribution >= 4 is 32.6 Å². The van der Waals surface area contributed by atoms with Crippen molar-refractivity contribution in [1.82, 2.24) is 4.98 Å². The van der Waals surface area contributed by atoms with Crippen LogP contribution in [-0.2, 0) is 6.54 Å². The number of anilines is 1. The van der Waals surface area contributed by atoms with Crippen molar-refractivity contribution in [3.8, 4) is 0 Å². The summed E-state index contributed by atoms with van der Waals surface area (Å²) in [5.41, 5.74) is 9.20. The number of aromatic nitrogens is 1. The summed E-state index contributed by atoms with van der Waals surface area (Å²) in [7, 11) is 0. The average molecular weight is 297 g/mol. The molecule has 4 nitrogen and oxygen atoms in total. The molecule has 0 unspecified atom stereocenters. The number of fused-ring (bicyclic) bond motifs is 1. The van der Waals surface area contributed by atoms with Gasteiger partial charge in [0.1, 0.15) is 0 Å². The summed E-state index contributed by atoms with van der Waals surface area (Å²) in [6, 6.07) is 13.3. The van der Waals surface area contributed by atoms with Crippen LogP contribution in [0.3, 0.4) is 0 Å². The molecule has 0 atom stereocenters. The molecule has 2 aromatic carbocycles. The third-order valence-corrected chi connectivity index (χ3v) is 4.12. The van der Waals surface area contributed by atoms with Gasteiger partial charge in [-0.2, -0.15) is 0 Å². The fraction of sp³-hybridized carbons (Fsp3) is 0.125. The van der Waals surface area contributed by atoms with Gasteiger partial charge in [0.2, 0.25) is 0 Å². The van der Waals surface area contributed by atoms with Gasteiger partial charge in [-0.1, -0.05) is 29.5 Å². The van der Waals surface area contributed by atoms with Crippen LogP contribution in [0.1, 0.15) is 21.5 Å². The van der Waals surface area contributed by atoms with Gasteiger partial charge in [0.15, 0.2) is 5.13 Å². The molecule has 5 heteroatoms. The Bertz CT molecular complexity index is 810. The molecule has 1 heterocycles. The third kappa shape index (κ3) is 2.94. The number of nitrogens with one attached hydrogen (secondary N) is 1. The summed E-state index contributed by atoms with van der Waals surface area (Å²) in [5, 5.41) is 3.46. The van der Waals surface area contributed by atoms with Gasteiger partial charge < -0.3 is 5.73 Å². The van der Waals surface area contributed by atoms with Gasteiger partial charge in [-0.15, -0.1) is 0 Å². The van der Waals surface area contributed by atoms with Crippen molar-refractivity contribution in [1.29, 1.82) is 0 Å². The molecule has 21 heavy (non-hydrogen) atoms. The van der Waals surface area contributed by atoms with Crippen LogP contribution in [0.5, 0.6) is 0 Å². The quantitative estimate of drug-likeness (QED) is 0.779. The fourth-order valence-corrected chi connectivity index (χ4v) is 3.05. The zero-order valence-electron chi connectivity index (χ0n) is 11.6. The van der Waals surface area contributed by atoms with Gasteiger partial charge in [0.25, 0.3) is 5.91 Å². The van der Waals surface area contributed by atoms with E-state index in [2.05, 4.69) is 16.4 Å². The SMILES string of the molecule is Cc1ccc2nc(NC(=O)c3cccc(CN)c3)sc2c1. The van der Waals surface area contributed by atoms with Gasteiger partial charge >= 0.3 is 0 Å². The zero-order valence-corrected chi connectivity index (χ0v) is 12.4. The maximum atomic E-state index is 12.2. The summed E-state index contributed by atoms with van der Waals surface area (Å²) >= 11 is 1.48. The Morgan fingerprint density at radius 2 is 2.14 bits per heavy atom. The lowest BCUT2D eigenvalue weighted by molar-refractivity contribution is 0.102. The Balaban J connectivity index is 1.85. The smallest absolute Gasteiger partial charge is 0.257 e. The van der Waals surface area contributed by atoms with E-state index in [-0.39, 0.29) is 5.91 Å². The lowest BCUT2D eigenvalue weighted by Gasteiger charge is -2.03. The first-order valence-corrected chi connectivity index (χ1v) is 7.45. The number of aryl methyl sites for hydroxylation is 1. The number of thiazole rings is 1. The van der Waals surface area contributed by atoms with E-state index in [1.54, 1.807) is 12.1 Å². The first kappa shape index (κ1) is 13.7. The van der Waals surface area contributed by atoms with Crippen molar-refractivity contribution in [2.24, 2.45) is 5.73 Å². The van der Waals surface area contributed by atoms with Gasteiger partial charge in [-0.25, -0.2) is 4.98 Å². The monoisotopic (exact) mass is 297 g/mol. The number of carbonyl (C=O) groups excluding carboxylic acids is 1. The van der Waals surface area contributed by atoms with E-state index in [9.17, 15) is 4.79 Å². The summed E-state index contributed by atoms with van der Waals surface area (Å²) in [6.07, 6.45) is 0. The highest BCUT2D eigenvalue weighted by Gasteiger charge is 2.10. The summed E-state index contributed by atoms with van der Waals surface area (Å²) < 4.78 is 1.07. The molecule has 106 valence electrons. The highest BCUT2D eigenvalue weighted by molar-refractivity contribution is 7.22. The van der Waals surface area contributed by atoms with E-state index < -0.39 is 0 Å². The molecular weight excluding hydrogens is 282 g/mol. The van der Waals surface area contributed by atoms with Crippen LogP contribution in [0.4, 0.5) is 5.13 Å². The maximum absolute atomic E-state index is 12.2. The minimum Gasteiger partial charge on any atom is -0.326 e. The molecule has 0 radical (unpaired) electrons. The molecule has 0 fully saturated rings. The van der Waals surface area contributed by atoms with Crippen molar-refractivity contribution in [2.75, 3.05) is 5.32 Å². The number of amides is 1. The molecule has 1 aromatic heterocycles. The van der Waals surface area contributed by atoms with Gasteiger partial charge in [0.05, 0.1) is 10.2 Å². The molecule has 0 aliphatic carbocycles. The van der Waals surface area contributed by atoms with E-state index in [1.165, 1.54) is 16.9 Å². The number of hydrogen-bond donors (Lipinski definition) is 2. The number of hydrogen-bond acceptors (Lipinski definition) is 4. The van der Waals surface area contributed by atoms with Crippen molar-refractivity contribution in [3.05, 3.63) is 59.2 Å². The maximum Gasteiger partial charge on any atom is 0.257 e. The zero-order chi connectivity index (χ0) is 14.8. The van der Waals surface area contributed by atoms with Crippen LogP contribution in [0, 0.1) is 6.92 Å². The van der Waals surface area contributed by atoms with Crippen molar-refractivity contribution < 1.29 is 4.79 Å². The molecule has 0 bridgehead atoms. The lowest BCUT2D eigenvalue weighted by atomic mass is 10.1. The van der Waals surface area contributed by atoms with Crippen LogP contribution in [0.15, 0.2) is 42.5 Å². The Kier molecular flexibility index (Phi) is 3.68. The first-order chi connectivity index (χ1) is 10.2. The van der Waals surface area contributed by atoms with Crippen LogP contribution in [0.25, 0.3) is 10.2 Å². The normalized spacial score (nSPS) is 10.8. The highest BCUT2D eigenvalue weighted by Crippen LogP contribution is 2.27. The molecule has 0 spiro atoms. The van der Waals surface area contributed by atoms with Gasteiger partial charge in [-0.05, 0) is 42.3 Å². The molecule has 1 amide bonds. The van der Waals surface area contributed by atoms with Crippen molar-refractivity contribution in [3.63, 3.8) is 0 Å². The second-order valence-corrected chi connectivity index (χ2v) is 5.88. The van der Waals surface area contributed by atoms with E-state index in [0.29, 0.717) is 17.2 Å². The molecular formula is C16H15N3OS. The van der Waals surface area contributed by atoms with Gasteiger partial charge in [0, 0.05) is 12.1 Å².